The van der Waals surface area contributed by atoms with Gasteiger partial charge in [-0.3, -0.25) is 4.79 Å². The Morgan fingerprint density at radius 3 is 2.79 bits per heavy atom. The molecular formula is C17H17N3O3S. The molecule has 0 saturated heterocycles. The summed E-state index contributed by atoms with van der Waals surface area (Å²) < 4.78 is 6.35. The lowest BCUT2D eigenvalue weighted by atomic mass is 10.0. The smallest absolute Gasteiger partial charge is 0.387 e. The third-order valence-electron chi connectivity index (χ3n) is 3.65. The molecular weight excluding hydrogens is 326 g/mol. The van der Waals surface area contributed by atoms with Crippen molar-refractivity contribution < 1.29 is 9.21 Å². The molecule has 0 aliphatic heterocycles. The fourth-order valence-electron chi connectivity index (χ4n) is 2.28. The Bertz CT molecular complexity index is 853. The fourth-order valence-corrected chi connectivity index (χ4v) is 2.92. The first-order chi connectivity index (χ1) is 11.6. The molecule has 3 rings (SSSR count). The minimum absolute atomic E-state index is 0.0868. The van der Waals surface area contributed by atoms with Crippen molar-refractivity contribution in [3.05, 3.63) is 64.0 Å². The highest BCUT2D eigenvalue weighted by atomic mass is 32.1. The summed E-state index contributed by atoms with van der Waals surface area (Å²) >= 11 is 1.45. The molecule has 3 aromatic rings. The number of aromatic nitrogens is 2. The van der Waals surface area contributed by atoms with Crippen molar-refractivity contribution in [3.8, 4) is 10.8 Å². The predicted molar refractivity (Wildman–Crippen MR) is 91.9 cm³/mol. The average molecular weight is 343 g/mol. The van der Waals surface area contributed by atoms with Crippen LogP contribution in [0.3, 0.4) is 0 Å². The largest absolute Gasteiger partial charge is 0.437 e. The Morgan fingerprint density at radius 1 is 1.29 bits per heavy atom. The Hall–Kier alpha value is -2.67. The van der Waals surface area contributed by atoms with E-state index in [-0.39, 0.29) is 18.4 Å². The number of hydrogen-bond acceptors (Lipinski definition) is 5. The maximum atomic E-state index is 12.2. The first-order valence-electron chi connectivity index (χ1n) is 7.59. The monoisotopic (exact) mass is 343 g/mol. The second kappa shape index (κ2) is 7.27. The fraction of sp³-hybridized carbons (Fsp3) is 0.235. The molecule has 6 nitrogen and oxygen atoms in total. The zero-order chi connectivity index (χ0) is 16.9. The minimum Gasteiger partial charge on any atom is -0.387 e. The molecule has 1 atom stereocenters. The Morgan fingerprint density at radius 2 is 2.08 bits per heavy atom. The van der Waals surface area contributed by atoms with Gasteiger partial charge in [-0.15, -0.1) is 16.4 Å². The van der Waals surface area contributed by atoms with E-state index in [1.54, 1.807) is 0 Å². The van der Waals surface area contributed by atoms with Gasteiger partial charge in [0.1, 0.15) is 0 Å². The highest BCUT2D eigenvalue weighted by Gasteiger charge is 2.15. The summed E-state index contributed by atoms with van der Waals surface area (Å²) in [4.78, 5) is 24.8. The van der Waals surface area contributed by atoms with E-state index in [2.05, 4.69) is 10.4 Å². The number of thiophene rings is 1. The molecule has 1 aromatic carbocycles. The average Bonchev–Trinajstić information content (AvgIpc) is 3.25. The first-order valence-corrected chi connectivity index (χ1v) is 8.47. The van der Waals surface area contributed by atoms with E-state index >= 15 is 0 Å². The summed E-state index contributed by atoms with van der Waals surface area (Å²) in [5, 5.41) is 8.86. The number of carbonyl (C=O) groups excluding carboxylic acids is 1. The molecule has 2 aromatic heterocycles. The van der Waals surface area contributed by atoms with Gasteiger partial charge in [-0.25, -0.2) is 4.79 Å². The zero-order valence-electron chi connectivity index (χ0n) is 13.1. The lowest BCUT2D eigenvalue weighted by Gasteiger charge is -2.12. The second-order valence-corrected chi connectivity index (χ2v) is 6.24. The van der Waals surface area contributed by atoms with Gasteiger partial charge in [-0.1, -0.05) is 36.4 Å². The van der Waals surface area contributed by atoms with Crippen LogP contribution in [0.1, 0.15) is 18.4 Å². The van der Waals surface area contributed by atoms with Gasteiger partial charge in [0, 0.05) is 6.54 Å². The molecule has 0 spiro atoms. The number of nitrogens with one attached hydrogen (secondary N) is 1. The van der Waals surface area contributed by atoms with Crippen LogP contribution in [-0.4, -0.2) is 22.2 Å². The van der Waals surface area contributed by atoms with Gasteiger partial charge in [0.15, 0.2) is 0 Å². The van der Waals surface area contributed by atoms with Crippen molar-refractivity contribution >= 4 is 17.2 Å². The summed E-state index contributed by atoms with van der Waals surface area (Å²) in [6.45, 7) is 2.43. The van der Waals surface area contributed by atoms with Crippen LogP contribution >= 0.6 is 11.3 Å². The first kappa shape index (κ1) is 16.2. The highest BCUT2D eigenvalue weighted by molar-refractivity contribution is 7.13. The Balaban J connectivity index is 1.57. The molecule has 0 radical (unpaired) electrons. The zero-order valence-corrected chi connectivity index (χ0v) is 14.0. The highest BCUT2D eigenvalue weighted by Crippen LogP contribution is 2.21. The van der Waals surface area contributed by atoms with Crippen molar-refractivity contribution in [1.29, 1.82) is 0 Å². The van der Waals surface area contributed by atoms with Crippen LogP contribution in [0.2, 0.25) is 0 Å². The topological polar surface area (TPSA) is 77.1 Å². The Kier molecular flexibility index (Phi) is 4.90. The summed E-state index contributed by atoms with van der Waals surface area (Å²) in [5.41, 5.74) is 0.952. The number of hydrogen-bond donors (Lipinski definition) is 1. The lowest BCUT2D eigenvalue weighted by molar-refractivity contribution is -0.122. The molecule has 124 valence electrons. The molecule has 0 unspecified atom stereocenters. The summed E-state index contributed by atoms with van der Waals surface area (Å²) in [6.07, 6.45) is 0. The van der Waals surface area contributed by atoms with E-state index in [9.17, 15) is 9.59 Å². The molecule has 24 heavy (non-hydrogen) atoms. The van der Waals surface area contributed by atoms with Gasteiger partial charge in [-0.2, -0.15) is 4.68 Å². The van der Waals surface area contributed by atoms with Crippen molar-refractivity contribution in [1.82, 2.24) is 15.1 Å². The van der Waals surface area contributed by atoms with Gasteiger partial charge in [-0.05, 0) is 23.9 Å². The van der Waals surface area contributed by atoms with Gasteiger partial charge >= 0.3 is 5.76 Å². The van der Waals surface area contributed by atoms with E-state index in [1.165, 1.54) is 16.0 Å². The van der Waals surface area contributed by atoms with Crippen molar-refractivity contribution in [2.45, 2.75) is 19.4 Å². The van der Waals surface area contributed by atoms with Crippen LogP contribution in [0.25, 0.3) is 10.8 Å². The van der Waals surface area contributed by atoms with Crippen LogP contribution in [0, 0.1) is 0 Å². The molecule has 0 saturated carbocycles. The molecule has 1 amide bonds. The minimum atomic E-state index is -0.524. The maximum Gasteiger partial charge on any atom is 0.437 e. The van der Waals surface area contributed by atoms with Crippen molar-refractivity contribution in [3.63, 3.8) is 0 Å². The van der Waals surface area contributed by atoms with E-state index in [0.29, 0.717) is 12.4 Å². The maximum absolute atomic E-state index is 12.2. The summed E-state index contributed by atoms with van der Waals surface area (Å²) in [6, 6.07) is 13.3. The van der Waals surface area contributed by atoms with Gasteiger partial charge < -0.3 is 9.73 Å². The molecule has 1 N–H and O–H groups in total. The van der Waals surface area contributed by atoms with Gasteiger partial charge in [0.2, 0.25) is 5.91 Å². The molecule has 0 bridgehead atoms. The quantitative estimate of drug-likeness (QED) is 0.746. The van der Waals surface area contributed by atoms with Crippen LogP contribution in [0.4, 0.5) is 0 Å². The van der Waals surface area contributed by atoms with Crippen LogP contribution in [-0.2, 0) is 11.3 Å². The van der Waals surface area contributed by atoms with Crippen LogP contribution < -0.4 is 11.1 Å². The van der Waals surface area contributed by atoms with Crippen molar-refractivity contribution in [2.24, 2.45) is 0 Å². The van der Waals surface area contributed by atoms with Gasteiger partial charge in [0.25, 0.3) is 5.89 Å². The van der Waals surface area contributed by atoms with E-state index < -0.39 is 5.76 Å². The molecule has 7 heteroatoms. The second-order valence-electron chi connectivity index (χ2n) is 5.30. The molecule has 2 heterocycles. The number of rotatable bonds is 6. The number of amides is 1. The Labute approximate surface area is 142 Å². The third-order valence-corrected chi connectivity index (χ3v) is 4.51. The van der Waals surface area contributed by atoms with E-state index in [1.807, 2.05) is 54.8 Å². The van der Waals surface area contributed by atoms with E-state index in [4.69, 9.17) is 4.42 Å². The summed E-state index contributed by atoms with van der Waals surface area (Å²) in [5.74, 6) is -0.555. The third kappa shape index (κ3) is 3.62. The summed E-state index contributed by atoms with van der Waals surface area (Å²) in [7, 11) is 0. The number of nitrogens with zero attached hydrogens (tertiary/aromatic N) is 2. The SMILES string of the molecule is C[C@H](C(=O)NCCn1nc(-c2cccs2)oc1=O)c1ccccc1. The van der Waals surface area contributed by atoms with Gasteiger partial charge in [0.05, 0.1) is 17.3 Å². The number of carbonyl (C=O) groups is 1. The van der Waals surface area contributed by atoms with Crippen LogP contribution in [0.15, 0.2) is 57.1 Å². The predicted octanol–water partition coefficient (Wildman–Crippen LogP) is 2.48. The van der Waals surface area contributed by atoms with Crippen molar-refractivity contribution in [2.75, 3.05) is 6.54 Å². The lowest BCUT2D eigenvalue weighted by Crippen LogP contribution is -2.32. The van der Waals surface area contributed by atoms with Crippen LogP contribution in [0.5, 0.6) is 0 Å². The molecule has 0 aliphatic carbocycles. The molecule has 0 aliphatic rings. The molecule has 0 fully saturated rings. The normalized spacial score (nSPS) is 12.0. The number of benzene rings is 1. The standard InChI is InChI=1S/C17H17N3O3S/c1-12(13-6-3-2-4-7-13)15(21)18-9-10-20-17(22)23-16(19-20)14-8-5-11-24-14/h2-8,11-12H,9-10H2,1H3,(H,18,21)/t12-/m0/s1. The van der Waals surface area contributed by atoms with E-state index in [0.717, 1.165) is 10.4 Å².